The Morgan fingerprint density at radius 2 is 1.76 bits per heavy atom. The van der Waals surface area contributed by atoms with Gasteiger partial charge in [0.15, 0.2) is 0 Å². The Morgan fingerprint density at radius 1 is 1.00 bits per heavy atom. The summed E-state index contributed by atoms with van der Waals surface area (Å²) in [4.78, 5) is 19.9. The van der Waals surface area contributed by atoms with E-state index in [1.54, 1.807) is 18.6 Å². The molecule has 2 atom stereocenters. The van der Waals surface area contributed by atoms with Gasteiger partial charge in [-0.3, -0.25) is 9.69 Å². The molecule has 2 bridgehead atoms. The summed E-state index contributed by atoms with van der Waals surface area (Å²) < 4.78 is 15.4. The molecule has 4 aromatic rings. The molecule has 2 aliphatic heterocycles. The van der Waals surface area contributed by atoms with Gasteiger partial charge in [0.2, 0.25) is 0 Å². The number of rotatable bonds is 5. The number of imidazole rings is 1. The highest BCUT2D eigenvalue weighted by atomic mass is 19.1. The van der Waals surface area contributed by atoms with Crippen LogP contribution in [0.1, 0.15) is 41.6 Å². The number of hydrogen-bond donors (Lipinski definition) is 1. The molecule has 0 unspecified atom stereocenters. The van der Waals surface area contributed by atoms with Crippen LogP contribution in [0.3, 0.4) is 0 Å². The Balaban J connectivity index is 1.14. The number of piperidine rings is 1. The van der Waals surface area contributed by atoms with Crippen molar-refractivity contribution >= 4 is 16.7 Å². The predicted molar refractivity (Wildman–Crippen MR) is 130 cm³/mol. The highest BCUT2D eigenvalue weighted by Gasteiger charge is 2.41. The van der Waals surface area contributed by atoms with Crippen molar-refractivity contribution in [3.8, 4) is 5.69 Å². The summed E-state index contributed by atoms with van der Waals surface area (Å²) in [6, 6.07) is 20.0. The Hall–Kier alpha value is -3.51. The molecule has 5 nitrogen and oxygen atoms in total. The van der Waals surface area contributed by atoms with Crippen LogP contribution in [0, 0.1) is 5.82 Å². The smallest absolute Gasteiger partial charge is 0.253 e. The number of nitrogens with one attached hydrogen (secondary N) is 1. The fraction of sp³-hybridized carbons (Fsp3) is 0.286. The van der Waals surface area contributed by atoms with Gasteiger partial charge in [-0.15, -0.1) is 0 Å². The summed E-state index contributed by atoms with van der Waals surface area (Å²) in [5.41, 5.74) is 2.77. The van der Waals surface area contributed by atoms with E-state index in [2.05, 4.69) is 27.3 Å². The van der Waals surface area contributed by atoms with E-state index < -0.39 is 0 Å². The number of hydrogen-bond acceptors (Lipinski definition) is 3. The number of nitrogens with zero attached hydrogens (tertiary/aromatic N) is 3. The molecule has 6 rings (SSSR count). The molecule has 2 fully saturated rings. The van der Waals surface area contributed by atoms with Crippen LogP contribution in [-0.4, -0.2) is 38.5 Å². The molecular weight excluding hydrogens is 427 g/mol. The van der Waals surface area contributed by atoms with Gasteiger partial charge in [0.25, 0.3) is 5.91 Å². The summed E-state index contributed by atoms with van der Waals surface area (Å²) in [5.74, 6) is -0.223. The van der Waals surface area contributed by atoms with E-state index in [4.69, 9.17) is 0 Å². The van der Waals surface area contributed by atoms with Gasteiger partial charge in [-0.05, 0) is 72.4 Å². The molecule has 6 heteroatoms. The molecule has 172 valence electrons. The van der Waals surface area contributed by atoms with Crippen LogP contribution in [0.2, 0.25) is 0 Å². The Kier molecular flexibility index (Phi) is 5.38. The van der Waals surface area contributed by atoms with Gasteiger partial charge in [-0.25, -0.2) is 9.37 Å². The first-order chi connectivity index (χ1) is 16.6. The lowest BCUT2D eigenvalue weighted by atomic mass is 9.95. The zero-order valence-electron chi connectivity index (χ0n) is 18.9. The first-order valence-electron chi connectivity index (χ1n) is 12.0. The van der Waals surface area contributed by atoms with Crippen LogP contribution in [0.15, 0.2) is 79.4 Å². The number of carbonyl (C=O) groups excluding carboxylic acids is 1. The van der Waals surface area contributed by atoms with Gasteiger partial charge in [-0.1, -0.05) is 30.3 Å². The van der Waals surface area contributed by atoms with Crippen molar-refractivity contribution in [1.82, 2.24) is 19.8 Å². The fourth-order valence-corrected chi connectivity index (χ4v) is 5.78. The Morgan fingerprint density at radius 3 is 2.56 bits per heavy atom. The minimum atomic E-state index is -0.199. The lowest BCUT2D eigenvalue weighted by Crippen LogP contribution is -2.50. The van der Waals surface area contributed by atoms with E-state index in [0.29, 0.717) is 17.6 Å². The quantitative estimate of drug-likeness (QED) is 0.457. The maximum atomic E-state index is 13.5. The topological polar surface area (TPSA) is 50.2 Å². The number of para-hydroxylation sites is 1. The molecule has 0 aliphatic carbocycles. The van der Waals surface area contributed by atoms with Crippen LogP contribution in [0.4, 0.5) is 4.39 Å². The third-order valence-corrected chi connectivity index (χ3v) is 7.38. The second-order valence-electron chi connectivity index (χ2n) is 9.51. The van der Waals surface area contributed by atoms with Gasteiger partial charge >= 0.3 is 0 Å². The minimum Gasteiger partial charge on any atom is -0.349 e. The average molecular weight is 455 g/mol. The molecule has 1 N–H and O–H groups in total. The van der Waals surface area contributed by atoms with E-state index in [1.807, 2.05) is 47.2 Å². The third-order valence-electron chi connectivity index (χ3n) is 7.38. The van der Waals surface area contributed by atoms with Crippen LogP contribution in [0.25, 0.3) is 16.5 Å². The second-order valence-corrected chi connectivity index (χ2v) is 9.51. The SMILES string of the molecule is O=C(NC1C[C@H]2CC[C@H](C1)N2Cc1ccc2cc(F)ccc2c1)c1ccccc1-n1ccnc1. The molecule has 0 saturated carbocycles. The maximum absolute atomic E-state index is 13.5. The third kappa shape index (κ3) is 3.99. The highest BCUT2D eigenvalue weighted by molar-refractivity contribution is 5.98. The number of carbonyl (C=O) groups is 1. The molecule has 2 aliphatic rings. The number of aromatic nitrogens is 2. The van der Waals surface area contributed by atoms with E-state index in [0.717, 1.165) is 35.8 Å². The zero-order chi connectivity index (χ0) is 23.1. The number of halogens is 1. The van der Waals surface area contributed by atoms with Crippen molar-refractivity contribution in [2.24, 2.45) is 0 Å². The standard InChI is InChI=1S/C28H27FN4O/c29-22-8-7-20-13-19(5-6-21(20)14-22)17-33-24-9-10-25(33)16-23(15-24)31-28(34)26-3-1-2-4-27(26)32-12-11-30-18-32/h1-8,11-14,18,23-25H,9-10,15-17H2,(H,31,34)/t24-,25-/m1/s1. The van der Waals surface area contributed by atoms with E-state index in [-0.39, 0.29) is 17.8 Å². The summed E-state index contributed by atoms with van der Waals surface area (Å²) >= 11 is 0. The Bertz CT molecular complexity index is 1320. The number of benzene rings is 3. The van der Waals surface area contributed by atoms with Crippen molar-refractivity contribution < 1.29 is 9.18 Å². The summed E-state index contributed by atoms with van der Waals surface area (Å²) in [6.45, 7) is 0.896. The van der Waals surface area contributed by atoms with Crippen molar-refractivity contribution in [1.29, 1.82) is 0 Å². The van der Waals surface area contributed by atoms with E-state index >= 15 is 0 Å². The zero-order valence-corrected chi connectivity index (χ0v) is 18.9. The molecule has 1 aromatic heterocycles. The van der Waals surface area contributed by atoms with E-state index in [9.17, 15) is 9.18 Å². The summed E-state index contributed by atoms with van der Waals surface area (Å²) in [7, 11) is 0. The second kappa shape index (κ2) is 8.69. The molecule has 3 heterocycles. The molecule has 1 amide bonds. The predicted octanol–water partition coefficient (Wildman–Crippen LogP) is 5.09. The number of amides is 1. The molecule has 0 spiro atoms. The Labute approximate surface area is 198 Å². The van der Waals surface area contributed by atoms with Gasteiger partial charge < -0.3 is 9.88 Å². The lowest BCUT2D eigenvalue weighted by molar-refractivity contribution is 0.0828. The van der Waals surface area contributed by atoms with Gasteiger partial charge in [0.1, 0.15) is 5.82 Å². The van der Waals surface area contributed by atoms with Crippen molar-refractivity contribution in [3.63, 3.8) is 0 Å². The average Bonchev–Trinajstić information content (AvgIpc) is 3.46. The fourth-order valence-electron chi connectivity index (χ4n) is 5.78. The molecule has 0 radical (unpaired) electrons. The van der Waals surface area contributed by atoms with Crippen LogP contribution < -0.4 is 5.32 Å². The van der Waals surface area contributed by atoms with Gasteiger partial charge in [-0.2, -0.15) is 0 Å². The summed E-state index contributed by atoms with van der Waals surface area (Å²) in [6.07, 6.45) is 9.56. The molecule has 3 aromatic carbocycles. The molecular formula is C28H27FN4O. The minimum absolute atomic E-state index is 0.0242. The first-order valence-corrected chi connectivity index (χ1v) is 12.0. The van der Waals surface area contributed by atoms with Crippen molar-refractivity contribution in [2.75, 3.05) is 0 Å². The highest BCUT2D eigenvalue weighted by Crippen LogP contribution is 2.37. The van der Waals surface area contributed by atoms with Crippen molar-refractivity contribution in [2.45, 2.75) is 50.4 Å². The summed E-state index contributed by atoms with van der Waals surface area (Å²) in [5, 5.41) is 5.33. The number of fused-ring (bicyclic) bond motifs is 3. The van der Waals surface area contributed by atoms with Gasteiger partial charge in [0.05, 0.1) is 17.6 Å². The van der Waals surface area contributed by atoms with Crippen LogP contribution >= 0.6 is 0 Å². The maximum Gasteiger partial charge on any atom is 0.253 e. The van der Waals surface area contributed by atoms with Crippen LogP contribution in [0.5, 0.6) is 0 Å². The van der Waals surface area contributed by atoms with Crippen molar-refractivity contribution in [3.05, 3.63) is 96.3 Å². The monoisotopic (exact) mass is 454 g/mol. The molecule has 2 saturated heterocycles. The lowest BCUT2D eigenvalue weighted by Gasteiger charge is -2.39. The normalized spacial score (nSPS) is 22.2. The van der Waals surface area contributed by atoms with E-state index in [1.165, 1.54) is 24.5 Å². The largest absolute Gasteiger partial charge is 0.349 e. The molecule has 34 heavy (non-hydrogen) atoms. The van der Waals surface area contributed by atoms with Gasteiger partial charge in [0, 0.05) is 37.1 Å². The van der Waals surface area contributed by atoms with Crippen LogP contribution in [-0.2, 0) is 6.54 Å². The first kappa shape index (κ1) is 21.1.